The second kappa shape index (κ2) is 8.42. The Hall–Kier alpha value is -3.98. The van der Waals surface area contributed by atoms with Crippen LogP contribution in [0, 0.1) is 10.1 Å². The normalized spacial score (nSPS) is 17.9. The number of hydrogen-bond donors (Lipinski definition) is 1. The lowest BCUT2D eigenvalue weighted by Crippen LogP contribution is -2.29. The van der Waals surface area contributed by atoms with E-state index in [-0.39, 0.29) is 22.6 Å². The van der Waals surface area contributed by atoms with Gasteiger partial charge in [-0.3, -0.25) is 24.6 Å². The first-order valence-corrected chi connectivity index (χ1v) is 10.7. The van der Waals surface area contributed by atoms with Crippen molar-refractivity contribution in [3.05, 3.63) is 92.2 Å². The first-order valence-electron chi connectivity index (χ1n) is 10.3. The molecule has 10 heteroatoms. The van der Waals surface area contributed by atoms with Gasteiger partial charge in [0.1, 0.15) is 11.5 Å². The number of carbonyl (C=O) groups excluding carboxylic acids is 2. The molecule has 3 aromatic rings. The zero-order valence-corrected chi connectivity index (χ0v) is 19.2. The molecular formula is C24H20ClN3O6. The summed E-state index contributed by atoms with van der Waals surface area (Å²) in [7, 11) is 0. The van der Waals surface area contributed by atoms with Gasteiger partial charge in [-0.15, -0.1) is 0 Å². The van der Waals surface area contributed by atoms with Gasteiger partial charge in [0.2, 0.25) is 0 Å². The minimum Gasteiger partial charge on any atom is -0.507 e. The molecule has 2 heterocycles. The van der Waals surface area contributed by atoms with Crippen LogP contribution < -0.4 is 4.90 Å². The minimum absolute atomic E-state index is 0.0885. The molecule has 2 aromatic carbocycles. The fourth-order valence-electron chi connectivity index (χ4n) is 3.66. The van der Waals surface area contributed by atoms with Gasteiger partial charge in [-0.1, -0.05) is 37.5 Å². The molecule has 0 radical (unpaired) electrons. The number of aliphatic hydroxyl groups is 1. The molecule has 1 N–H and O–H groups in total. The van der Waals surface area contributed by atoms with Crippen LogP contribution in [0.5, 0.6) is 0 Å². The third-order valence-corrected chi connectivity index (χ3v) is 5.72. The van der Waals surface area contributed by atoms with Gasteiger partial charge in [0.05, 0.1) is 16.5 Å². The maximum Gasteiger partial charge on any atom is 0.301 e. The molecule has 1 fully saturated rings. The molecule has 34 heavy (non-hydrogen) atoms. The summed E-state index contributed by atoms with van der Waals surface area (Å²) in [4.78, 5) is 38.0. The van der Waals surface area contributed by atoms with Crippen molar-refractivity contribution in [3.63, 3.8) is 0 Å². The van der Waals surface area contributed by atoms with Crippen molar-refractivity contribution in [2.24, 2.45) is 0 Å². The fourth-order valence-corrected chi connectivity index (χ4v) is 3.78. The van der Waals surface area contributed by atoms with E-state index in [1.54, 1.807) is 18.2 Å². The number of hydrogen-bond acceptors (Lipinski definition) is 7. The first kappa shape index (κ1) is 23.2. The molecule has 174 valence electrons. The third-order valence-electron chi connectivity index (χ3n) is 5.47. The number of aromatic nitrogens is 1. The van der Waals surface area contributed by atoms with Gasteiger partial charge < -0.3 is 9.63 Å². The van der Waals surface area contributed by atoms with E-state index < -0.39 is 33.8 Å². The molecule has 0 unspecified atom stereocenters. The molecule has 0 saturated carbocycles. The van der Waals surface area contributed by atoms with E-state index in [2.05, 4.69) is 5.16 Å². The maximum atomic E-state index is 13.1. The molecule has 0 bridgehead atoms. The van der Waals surface area contributed by atoms with E-state index in [0.717, 1.165) is 4.90 Å². The van der Waals surface area contributed by atoms with Gasteiger partial charge in [-0.25, -0.2) is 0 Å². The number of aliphatic hydroxyl groups excluding tert-OH is 1. The smallest absolute Gasteiger partial charge is 0.301 e. The summed E-state index contributed by atoms with van der Waals surface area (Å²) in [6.07, 6.45) is 0. The molecule has 1 amide bonds. The summed E-state index contributed by atoms with van der Waals surface area (Å²) >= 11 is 5.93. The Bertz CT molecular complexity index is 1320. The van der Waals surface area contributed by atoms with Crippen LogP contribution in [-0.4, -0.2) is 26.9 Å². The van der Waals surface area contributed by atoms with Crippen LogP contribution in [0.25, 0.3) is 5.76 Å². The first-order chi connectivity index (χ1) is 16.0. The number of halogens is 1. The lowest BCUT2D eigenvalue weighted by molar-refractivity contribution is -0.384. The number of amides is 1. The average Bonchev–Trinajstić information content (AvgIpc) is 3.37. The molecule has 1 aromatic heterocycles. The van der Waals surface area contributed by atoms with Crippen molar-refractivity contribution in [3.8, 4) is 0 Å². The van der Waals surface area contributed by atoms with Gasteiger partial charge in [0.25, 0.3) is 11.5 Å². The molecule has 1 aliphatic heterocycles. The predicted octanol–water partition coefficient (Wildman–Crippen LogP) is 5.16. The summed E-state index contributed by atoms with van der Waals surface area (Å²) in [6, 6.07) is 12.0. The molecular weight excluding hydrogens is 462 g/mol. The van der Waals surface area contributed by atoms with E-state index in [0.29, 0.717) is 16.3 Å². The number of nitro groups is 1. The van der Waals surface area contributed by atoms with E-state index in [1.807, 2.05) is 20.8 Å². The highest BCUT2D eigenvalue weighted by Crippen LogP contribution is 2.43. The van der Waals surface area contributed by atoms with Crippen molar-refractivity contribution in [1.82, 2.24) is 5.16 Å². The van der Waals surface area contributed by atoms with Crippen LogP contribution in [0.1, 0.15) is 43.7 Å². The standard InChI is InChI=1S/C24H20ClN3O6/c1-24(2,3)17-12-18(26-34-17)27-20(13-6-10-16(11-7-13)28(32)33)19(22(30)23(27)31)21(29)14-4-8-15(25)9-5-14/h4-12,20,29H,1-3H3/t20-/m1/s1. The lowest BCUT2D eigenvalue weighted by atomic mass is 9.93. The Balaban J connectivity index is 1.91. The van der Waals surface area contributed by atoms with Crippen molar-refractivity contribution < 1.29 is 24.1 Å². The minimum atomic E-state index is -1.09. The number of nitro benzene ring substituents is 1. The van der Waals surface area contributed by atoms with Crippen LogP contribution in [0.15, 0.2) is 64.7 Å². The Kier molecular flexibility index (Phi) is 5.74. The third kappa shape index (κ3) is 4.06. The summed E-state index contributed by atoms with van der Waals surface area (Å²) in [6.45, 7) is 5.71. The van der Waals surface area contributed by atoms with Crippen LogP contribution in [0.2, 0.25) is 5.02 Å². The number of rotatable bonds is 4. The number of non-ortho nitro benzene ring substituents is 1. The number of anilines is 1. The fraction of sp³-hybridized carbons (Fsp3) is 0.208. The van der Waals surface area contributed by atoms with Crippen LogP contribution >= 0.6 is 11.6 Å². The summed E-state index contributed by atoms with van der Waals surface area (Å²) in [5.74, 6) is -1.65. The molecule has 0 aliphatic carbocycles. The zero-order chi connectivity index (χ0) is 24.8. The average molecular weight is 482 g/mol. The van der Waals surface area contributed by atoms with Crippen LogP contribution in [-0.2, 0) is 15.0 Å². The van der Waals surface area contributed by atoms with E-state index in [9.17, 15) is 24.8 Å². The van der Waals surface area contributed by atoms with Gasteiger partial charge in [-0.2, -0.15) is 0 Å². The molecule has 0 spiro atoms. The Morgan fingerprint density at radius 2 is 1.74 bits per heavy atom. The Morgan fingerprint density at radius 1 is 1.12 bits per heavy atom. The van der Waals surface area contributed by atoms with Crippen molar-refractivity contribution >= 4 is 40.6 Å². The predicted molar refractivity (Wildman–Crippen MR) is 125 cm³/mol. The van der Waals surface area contributed by atoms with E-state index in [1.165, 1.54) is 36.4 Å². The summed E-state index contributed by atoms with van der Waals surface area (Å²) < 4.78 is 5.42. The molecule has 1 atom stereocenters. The second-order valence-electron chi connectivity index (χ2n) is 8.82. The monoisotopic (exact) mass is 481 g/mol. The lowest BCUT2D eigenvalue weighted by Gasteiger charge is -2.22. The number of Topliss-reactive ketones (excluding diaryl/α,β-unsaturated/α-hetero) is 1. The molecule has 4 rings (SSSR count). The van der Waals surface area contributed by atoms with Crippen LogP contribution in [0.4, 0.5) is 11.5 Å². The van der Waals surface area contributed by atoms with Gasteiger partial charge in [-0.05, 0) is 42.0 Å². The van der Waals surface area contributed by atoms with Gasteiger partial charge in [0.15, 0.2) is 5.82 Å². The molecule has 1 saturated heterocycles. The Labute approximate surface area is 199 Å². The molecule has 9 nitrogen and oxygen atoms in total. The zero-order valence-electron chi connectivity index (χ0n) is 18.5. The second-order valence-corrected chi connectivity index (χ2v) is 9.26. The number of nitrogens with zero attached hydrogens (tertiary/aromatic N) is 3. The van der Waals surface area contributed by atoms with Crippen molar-refractivity contribution in [2.75, 3.05) is 4.90 Å². The number of benzene rings is 2. The largest absolute Gasteiger partial charge is 0.507 e. The van der Waals surface area contributed by atoms with E-state index >= 15 is 0 Å². The highest BCUT2D eigenvalue weighted by atomic mass is 35.5. The topological polar surface area (TPSA) is 127 Å². The highest BCUT2D eigenvalue weighted by Gasteiger charge is 2.48. The quantitative estimate of drug-likeness (QED) is 0.179. The van der Waals surface area contributed by atoms with E-state index in [4.69, 9.17) is 16.1 Å². The highest BCUT2D eigenvalue weighted by molar-refractivity contribution is 6.51. The van der Waals surface area contributed by atoms with Crippen molar-refractivity contribution in [1.29, 1.82) is 0 Å². The SMILES string of the molecule is CC(C)(C)c1cc(N2C(=O)C(=O)C(=C(O)c3ccc(Cl)cc3)[C@H]2c2ccc([N+](=O)[O-])cc2)no1. The number of carbonyl (C=O) groups is 2. The maximum absolute atomic E-state index is 13.1. The van der Waals surface area contributed by atoms with Crippen molar-refractivity contribution in [2.45, 2.75) is 32.2 Å². The van der Waals surface area contributed by atoms with Crippen LogP contribution in [0.3, 0.4) is 0 Å². The van der Waals surface area contributed by atoms with Gasteiger partial charge >= 0.3 is 5.91 Å². The Morgan fingerprint density at radius 3 is 2.26 bits per heavy atom. The number of ketones is 1. The summed E-state index contributed by atoms with van der Waals surface area (Å²) in [5.41, 5.74) is -0.0906. The molecule has 1 aliphatic rings. The summed E-state index contributed by atoms with van der Waals surface area (Å²) in [5, 5.41) is 26.6. The van der Waals surface area contributed by atoms with Gasteiger partial charge in [0, 0.05) is 34.2 Å².